The third-order valence-corrected chi connectivity index (χ3v) is 4.24. The maximum atomic E-state index is 5.77. The average Bonchev–Trinajstić information content (AvgIpc) is 3.29. The normalized spacial score (nSPS) is 21.4. The summed E-state index contributed by atoms with van der Waals surface area (Å²) in [6.07, 6.45) is 13.4. The number of allylic oxidation sites excluding steroid dienone is 1. The van der Waals surface area contributed by atoms with Crippen molar-refractivity contribution in [2.75, 3.05) is 26.7 Å². The van der Waals surface area contributed by atoms with Gasteiger partial charge in [0.05, 0.1) is 12.8 Å². The molecule has 0 N–H and O–H groups in total. The molecule has 2 heterocycles. The molecule has 1 saturated carbocycles. The van der Waals surface area contributed by atoms with Crippen LogP contribution in [0.5, 0.6) is 5.75 Å². The SMILES string of the molecule is CN1CCC(C=Cc2cncc(OCC3CC3)c2)CC1. The number of nitrogens with zero attached hydrogens (tertiary/aromatic N) is 2. The van der Waals surface area contributed by atoms with Crippen LogP contribution in [0, 0.1) is 11.8 Å². The fourth-order valence-electron chi connectivity index (χ4n) is 2.57. The van der Waals surface area contributed by atoms with Crippen molar-refractivity contribution in [1.82, 2.24) is 9.88 Å². The van der Waals surface area contributed by atoms with E-state index in [1.54, 1.807) is 0 Å². The summed E-state index contributed by atoms with van der Waals surface area (Å²) in [5, 5.41) is 0. The first-order chi connectivity index (χ1) is 9.79. The first-order valence-corrected chi connectivity index (χ1v) is 7.74. The Balaban J connectivity index is 1.54. The maximum Gasteiger partial charge on any atom is 0.138 e. The molecule has 3 heteroatoms. The van der Waals surface area contributed by atoms with E-state index in [9.17, 15) is 0 Å². The van der Waals surface area contributed by atoms with Crippen molar-refractivity contribution in [3.8, 4) is 5.75 Å². The average molecular weight is 272 g/mol. The second-order valence-electron chi connectivity index (χ2n) is 6.21. The van der Waals surface area contributed by atoms with Crippen LogP contribution in [0.3, 0.4) is 0 Å². The van der Waals surface area contributed by atoms with E-state index < -0.39 is 0 Å². The lowest BCUT2D eigenvalue weighted by molar-refractivity contribution is 0.244. The zero-order valence-electron chi connectivity index (χ0n) is 12.3. The number of ether oxygens (including phenoxy) is 1. The lowest BCUT2D eigenvalue weighted by Gasteiger charge is -2.26. The van der Waals surface area contributed by atoms with Gasteiger partial charge in [-0.2, -0.15) is 0 Å². The van der Waals surface area contributed by atoms with E-state index in [-0.39, 0.29) is 0 Å². The topological polar surface area (TPSA) is 25.4 Å². The van der Waals surface area contributed by atoms with Gasteiger partial charge in [0.2, 0.25) is 0 Å². The fraction of sp³-hybridized carbons (Fsp3) is 0.588. The van der Waals surface area contributed by atoms with Gasteiger partial charge in [0.15, 0.2) is 0 Å². The Bertz CT molecular complexity index is 460. The molecule has 0 spiro atoms. The molecule has 1 saturated heterocycles. The molecule has 3 rings (SSSR count). The highest BCUT2D eigenvalue weighted by Crippen LogP contribution is 2.29. The molecule has 1 aromatic rings. The highest BCUT2D eigenvalue weighted by molar-refractivity contribution is 5.50. The Labute approximate surface area is 121 Å². The Morgan fingerprint density at radius 3 is 2.80 bits per heavy atom. The van der Waals surface area contributed by atoms with Crippen LogP contribution in [-0.2, 0) is 0 Å². The maximum absolute atomic E-state index is 5.77. The van der Waals surface area contributed by atoms with Gasteiger partial charge in [-0.15, -0.1) is 0 Å². The molecular weight excluding hydrogens is 248 g/mol. The second-order valence-corrected chi connectivity index (χ2v) is 6.21. The molecule has 0 atom stereocenters. The Morgan fingerprint density at radius 2 is 2.05 bits per heavy atom. The summed E-state index contributed by atoms with van der Waals surface area (Å²) in [5.74, 6) is 2.40. The smallest absolute Gasteiger partial charge is 0.138 e. The highest BCUT2D eigenvalue weighted by Gasteiger charge is 2.21. The van der Waals surface area contributed by atoms with Gasteiger partial charge in [0, 0.05) is 6.20 Å². The second kappa shape index (κ2) is 6.40. The van der Waals surface area contributed by atoms with Crippen LogP contribution in [0.4, 0.5) is 0 Å². The van der Waals surface area contributed by atoms with E-state index in [2.05, 4.69) is 35.1 Å². The minimum absolute atomic E-state index is 0.710. The summed E-state index contributed by atoms with van der Waals surface area (Å²) in [6, 6.07) is 2.10. The molecule has 1 aromatic heterocycles. The van der Waals surface area contributed by atoms with Crippen LogP contribution < -0.4 is 4.74 Å². The Morgan fingerprint density at radius 1 is 1.25 bits per heavy atom. The molecule has 1 aliphatic carbocycles. The molecule has 0 amide bonds. The molecule has 1 aliphatic heterocycles. The largest absolute Gasteiger partial charge is 0.492 e. The summed E-state index contributed by atoms with van der Waals surface area (Å²) >= 11 is 0. The molecule has 0 unspecified atom stereocenters. The van der Waals surface area contributed by atoms with Gasteiger partial charge < -0.3 is 9.64 Å². The molecule has 0 radical (unpaired) electrons. The Kier molecular flexibility index (Phi) is 4.36. The van der Waals surface area contributed by atoms with Gasteiger partial charge in [-0.3, -0.25) is 4.98 Å². The van der Waals surface area contributed by atoms with Crippen LogP contribution >= 0.6 is 0 Å². The number of rotatable bonds is 5. The van der Waals surface area contributed by atoms with Crippen molar-refractivity contribution >= 4 is 6.08 Å². The lowest BCUT2D eigenvalue weighted by atomic mass is 9.96. The zero-order valence-corrected chi connectivity index (χ0v) is 12.3. The first-order valence-electron chi connectivity index (χ1n) is 7.74. The van der Waals surface area contributed by atoms with E-state index in [1.807, 2.05) is 12.4 Å². The summed E-state index contributed by atoms with van der Waals surface area (Å²) in [5.41, 5.74) is 1.15. The number of pyridine rings is 1. The van der Waals surface area contributed by atoms with E-state index in [4.69, 9.17) is 4.74 Å². The highest BCUT2D eigenvalue weighted by atomic mass is 16.5. The standard InChI is InChI=1S/C17H24N2O/c1-19-8-6-14(7-9-19)2-5-16-10-17(12-18-11-16)20-13-15-3-4-15/h2,5,10-12,14-15H,3-4,6-9,13H2,1H3. The van der Waals surface area contributed by atoms with E-state index in [1.165, 1.54) is 38.8 Å². The number of hydrogen-bond acceptors (Lipinski definition) is 3. The van der Waals surface area contributed by atoms with Gasteiger partial charge in [0.1, 0.15) is 5.75 Å². The number of likely N-dealkylation sites (tertiary alicyclic amines) is 1. The van der Waals surface area contributed by atoms with Crippen LogP contribution in [0.15, 0.2) is 24.5 Å². The zero-order chi connectivity index (χ0) is 13.8. The van der Waals surface area contributed by atoms with Gasteiger partial charge in [-0.25, -0.2) is 0 Å². The molecule has 108 valence electrons. The van der Waals surface area contributed by atoms with Crippen LogP contribution in [0.2, 0.25) is 0 Å². The quantitative estimate of drug-likeness (QED) is 0.823. The van der Waals surface area contributed by atoms with Gasteiger partial charge >= 0.3 is 0 Å². The van der Waals surface area contributed by atoms with Crippen molar-refractivity contribution < 1.29 is 4.74 Å². The van der Waals surface area contributed by atoms with Crippen molar-refractivity contribution in [3.05, 3.63) is 30.1 Å². The minimum Gasteiger partial charge on any atom is -0.492 e. The summed E-state index contributed by atoms with van der Waals surface area (Å²) in [6.45, 7) is 3.26. The Hall–Kier alpha value is -1.35. The third-order valence-electron chi connectivity index (χ3n) is 4.24. The molecule has 20 heavy (non-hydrogen) atoms. The van der Waals surface area contributed by atoms with Crippen molar-refractivity contribution in [3.63, 3.8) is 0 Å². The minimum atomic E-state index is 0.710. The van der Waals surface area contributed by atoms with Crippen molar-refractivity contribution in [2.24, 2.45) is 11.8 Å². The fourth-order valence-corrected chi connectivity index (χ4v) is 2.57. The van der Waals surface area contributed by atoms with E-state index in [0.29, 0.717) is 5.92 Å². The molecule has 0 aromatic carbocycles. The van der Waals surface area contributed by atoms with Crippen LogP contribution in [-0.4, -0.2) is 36.6 Å². The van der Waals surface area contributed by atoms with Gasteiger partial charge in [-0.1, -0.05) is 12.2 Å². The van der Waals surface area contributed by atoms with E-state index in [0.717, 1.165) is 23.8 Å². The third kappa shape index (κ3) is 4.07. The molecule has 2 aliphatic rings. The first kappa shape index (κ1) is 13.6. The van der Waals surface area contributed by atoms with Gasteiger partial charge in [-0.05, 0) is 69.3 Å². The molecular formula is C17H24N2O. The number of hydrogen-bond donors (Lipinski definition) is 0. The predicted octanol–water partition coefficient (Wildman–Crippen LogP) is 3.23. The summed E-state index contributed by atoms with van der Waals surface area (Å²) in [7, 11) is 2.20. The summed E-state index contributed by atoms with van der Waals surface area (Å²) in [4.78, 5) is 6.68. The molecule has 3 nitrogen and oxygen atoms in total. The van der Waals surface area contributed by atoms with Crippen molar-refractivity contribution in [2.45, 2.75) is 25.7 Å². The number of aromatic nitrogens is 1. The van der Waals surface area contributed by atoms with Gasteiger partial charge in [0.25, 0.3) is 0 Å². The monoisotopic (exact) mass is 272 g/mol. The van der Waals surface area contributed by atoms with Crippen LogP contribution in [0.1, 0.15) is 31.2 Å². The predicted molar refractivity (Wildman–Crippen MR) is 81.7 cm³/mol. The summed E-state index contributed by atoms with van der Waals surface area (Å²) < 4.78 is 5.77. The lowest BCUT2D eigenvalue weighted by Crippen LogP contribution is -2.29. The number of piperidine rings is 1. The molecule has 0 bridgehead atoms. The molecule has 2 fully saturated rings. The van der Waals surface area contributed by atoms with E-state index >= 15 is 0 Å². The van der Waals surface area contributed by atoms with Crippen molar-refractivity contribution in [1.29, 1.82) is 0 Å². The van der Waals surface area contributed by atoms with Crippen LogP contribution in [0.25, 0.3) is 6.08 Å².